The van der Waals surface area contributed by atoms with Gasteiger partial charge in [0.2, 0.25) is 0 Å². The summed E-state index contributed by atoms with van der Waals surface area (Å²) >= 11 is 12.9. The standard InChI is InChI=1S/C18H13Br2ClN2O2/c1-2-25-17-13(19)8-11(9-14(17)20)7-12(10-22)18(24)23-16-6-4-3-5-15(16)21/h3-9H,2H2,1H3,(H,23,24)/b12-7+. The van der Waals surface area contributed by atoms with Crippen molar-refractivity contribution in [2.45, 2.75) is 6.92 Å². The van der Waals surface area contributed by atoms with Gasteiger partial charge in [0.1, 0.15) is 17.4 Å². The van der Waals surface area contributed by atoms with Gasteiger partial charge in [-0.05, 0) is 74.7 Å². The maximum Gasteiger partial charge on any atom is 0.266 e. The molecule has 1 N–H and O–H groups in total. The maximum atomic E-state index is 12.3. The Labute approximate surface area is 167 Å². The Kier molecular flexibility index (Phi) is 7.06. The van der Waals surface area contributed by atoms with Gasteiger partial charge in [0.25, 0.3) is 5.91 Å². The molecule has 0 saturated carbocycles. The average Bonchev–Trinajstić information content (AvgIpc) is 2.58. The number of amides is 1. The molecular formula is C18H13Br2ClN2O2. The van der Waals surface area contributed by atoms with Crippen molar-refractivity contribution in [1.82, 2.24) is 0 Å². The van der Waals surface area contributed by atoms with E-state index < -0.39 is 5.91 Å². The number of anilines is 1. The third-order valence-corrected chi connectivity index (χ3v) is 4.62. The number of para-hydroxylation sites is 1. The zero-order valence-electron chi connectivity index (χ0n) is 13.1. The normalized spacial score (nSPS) is 10.9. The summed E-state index contributed by atoms with van der Waals surface area (Å²) in [6.45, 7) is 2.41. The first-order valence-corrected chi connectivity index (χ1v) is 9.22. The van der Waals surface area contributed by atoms with Gasteiger partial charge in [-0.25, -0.2) is 0 Å². The van der Waals surface area contributed by atoms with Crippen molar-refractivity contribution >= 4 is 61.1 Å². The summed E-state index contributed by atoms with van der Waals surface area (Å²) in [6.07, 6.45) is 1.50. The van der Waals surface area contributed by atoms with Crippen LogP contribution in [0.3, 0.4) is 0 Å². The summed E-state index contributed by atoms with van der Waals surface area (Å²) in [5, 5.41) is 12.4. The molecule has 7 heteroatoms. The molecule has 0 aliphatic heterocycles. The number of halogens is 3. The quantitative estimate of drug-likeness (QED) is 0.430. The van der Waals surface area contributed by atoms with E-state index in [0.717, 1.165) is 8.95 Å². The molecule has 0 fully saturated rings. The smallest absolute Gasteiger partial charge is 0.266 e. The molecule has 4 nitrogen and oxygen atoms in total. The molecule has 128 valence electrons. The van der Waals surface area contributed by atoms with Gasteiger partial charge in [-0.2, -0.15) is 5.26 Å². The number of hydrogen-bond donors (Lipinski definition) is 1. The molecule has 0 unspecified atom stereocenters. The number of carbonyl (C=O) groups is 1. The van der Waals surface area contributed by atoms with Crippen molar-refractivity contribution in [2.24, 2.45) is 0 Å². The molecule has 2 aromatic rings. The number of rotatable bonds is 5. The lowest BCUT2D eigenvalue weighted by molar-refractivity contribution is -0.112. The second-order valence-corrected chi connectivity index (χ2v) is 6.97. The zero-order chi connectivity index (χ0) is 18.4. The number of nitrogens with zero attached hydrogens (tertiary/aromatic N) is 1. The third-order valence-electron chi connectivity index (χ3n) is 3.11. The SMILES string of the molecule is CCOc1c(Br)cc(/C=C(\C#N)C(=O)Nc2ccccc2Cl)cc1Br. The predicted octanol–water partition coefficient (Wildman–Crippen LogP) is 5.81. The summed E-state index contributed by atoms with van der Waals surface area (Å²) in [5.74, 6) is 0.135. The molecule has 25 heavy (non-hydrogen) atoms. The van der Waals surface area contributed by atoms with Crippen LogP contribution in [0.5, 0.6) is 5.75 Å². The van der Waals surface area contributed by atoms with Gasteiger partial charge >= 0.3 is 0 Å². The highest BCUT2D eigenvalue weighted by molar-refractivity contribution is 9.11. The maximum absolute atomic E-state index is 12.3. The van der Waals surface area contributed by atoms with E-state index in [1.54, 1.807) is 36.4 Å². The largest absolute Gasteiger partial charge is 0.492 e. The number of benzene rings is 2. The van der Waals surface area contributed by atoms with Crippen LogP contribution in [0.4, 0.5) is 5.69 Å². The van der Waals surface area contributed by atoms with Crippen LogP contribution in [0.2, 0.25) is 5.02 Å². The molecule has 0 saturated heterocycles. The van der Waals surface area contributed by atoms with E-state index in [2.05, 4.69) is 37.2 Å². The highest BCUT2D eigenvalue weighted by Crippen LogP contribution is 2.35. The Bertz CT molecular complexity index is 853. The fraction of sp³-hybridized carbons (Fsp3) is 0.111. The van der Waals surface area contributed by atoms with Crippen molar-refractivity contribution in [3.63, 3.8) is 0 Å². The molecule has 0 heterocycles. The minimum absolute atomic E-state index is 0.0390. The number of nitrogens with one attached hydrogen (secondary N) is 1. The Morgan fingerprint density at radius 1 is 1.32 bits per heavy atom. The van der Waals surface area contributed by atoms with Gasteiger partial charge in [0.05, 0.1) is 26.3 Å². The Hall–Kier alpha value is -1.81. The fourth-order valence-corrected chi connectivity index (χ4v) is 3.65. The fourth-order valence-electron chi connectivity index (χ4n) is 2.01. The van der Waals surface area contributed by atoms with E-state index >= 15 is 0 Å². The van der Waals surface area contributed by atoms with Crippen LogP contribution in [-0.2, 0) is 4.79 Å². The molecule has 0 atom stereocenters. The molecule has 1 amide bonds. The van der Waals surface area contributed by atoms with Crippen LogP contribution in [0.1, 0.15) is 12.5 Å². The highest BCUT2D eigenvalue weighted by Gasteiger charge is 2.13. The summed E-state index contributed by atoms with van der Waals surface area (Å²) in [5.41, 5.74) is 1.08. The van der Waals surface area contributed by atoms with Crippen molar-refractivity contribution in [3.8, 4) is 11.8 Å². The minimum Gasteiger partial charge on any atom is -0.492 e. The minimum atomic E-state index is -0.531. The van der Waals surface area contributed by atoms with Gasteiger partial charge in [-0.1, -0.05) is 23.7 Å². The summed E-state index contributed by atoms with van der Waals surface area (Å²) in [4.78, 5) is 12.3. The monoisotopic (exact) mass is 482 g/mol. The van der Waals surface area contributed by atoms with E-state index in [4.69, 9.17) is 16.3 Å². The van der Waals surface area contributed by atoms with E-state index in [-0.39, 0.29) is 5.57 Å². The zero-order valence-corrected chi connectivity index (χ0v) is 17.1. The van der Waals surface area contributed by atoms with Crippen LogP contribution in [0.25, 0.3) is 6.08 Å². The third kappa shape index (κ3) is 5.08. The Morgan fingerprint density at radius 2 is 1.96 bits per heavy atom. The molecule has 0 radical (unpaired) electrons. The van der Waals surface area contributed by atoms with Gasteiger partial charge in [-0.15, -0.1) is 0 Å². The lowest BCUT2D eigenvalue weighted by Gasteiger charge is -2.10. The molecule has 0 bridgehead atoms. The Morgan fingerprint density at radius 3 is 2.52 bits per heavy atom. The summed E-state index contributed by atoms with van der Waals surface area (Å²) in [6, 6.07) is 12.3. The summed E-state index contributed by atoms with van der Waals surface area (Å²) < 4.78 is 6.96. The lowest BCUT2D eigenvalue weighted by atomic mass is 10.1. The molecule has 2 aromatic carbocycles. The predicted molar refractivity (Wildman–Crippen MR) is 107 cm³/mol. The van der Waals surface area contributed by atoms with Crippen LogP contribution < -0.4 is 10.1 Å². The van der Waals surface area contributed by atoms with Crippen LogP contribution in [-0.4, -0.2) is 12.5 Å². The lowest BCUT2D eigenvalue weighted by Crippen LogP contribution is -2.13. The number of hydrogen-bond acceptors (Lipinski definition) is 3. The molecule has 0 aliphatic carbocycles. The van der Waals surface area contributed by atoms with E-state index in [0.29, 0.717) is 28.6 Å². The van der Waals surface area contributed by atoms with E-state index in [1.165, 1.54) is 6.08 Å². The first kappa shape index (κ1) is 19.5. The van der Waals surface area contributed by atoms with Crippen molar-refractivity contribution in [3.05, 3.63) is 61.5 Å². The molecular weight excluding hydrogens is 471 g/mol. The molecule has 0 spiro atoms. The summed E-state index contributed by atoms with van der Waals surface area (Å²) in [7, 11) is 0. The van der Waals surface area contributed by atoms with Crippen molar-refractivity contribution in [1.29, 1.82) is 5.26 Å². The number of nitriles is 1. The molecule has 0 aliphatic rings. The average molecular weight is 485 g/mol. The van der Waals surface area contributed by atoms with Crippen molar-refractivity contribution in [2.75, 3.05) is 11.9 Å². The number of ether oxygens (including phenoxy) is 1. The highest BCUT2D eigenvalue weighted by atomic mass is 79.9. The van der Waals surface area contributed by atoms with Crippen LogP contribution in [0, 0.1) is 11.3 Å². The topological polar surface area (TPSA) is 62.1 Å². The molecule has 2 rings (SSSR count). The van der Waals surface area contributed by atoms with E-state index in [9.17, 15) is 10.1 Å². The van der Waals surface area contributed by atoms with Gasteiger partial charge < -0.3 is 10.1 Å². The second-order valence-electron chi connectivity index (χ2n) is 4.85. The van der Waals surface area contributed by atoms with Crippen molar-refractivity contribution < 1.29 is 9.53 Å². The first-order chi connectivity index (χ1) is 12.0. The second kappa shape index (κ2) is 9.04. The van der Waals surface area contributed by atoms with Gasteiger partial charge in [0, 0.05) is 0 Å². The first-order valence-electron chi connectivity index (χ1n) is 7.25. The van der Waals surface area contributed by atoms with E-state index in [1.807, 2.05) is 13.0 Å². The van der Waals surface area contributed by atoms with Gasteiger partial charge in [-0.3, -0.25) is 4.79 Å². The van der Waals surface area contributed by atoms with Gasteiger partial charge in [0.15, 0.2) is 0 Å². The number of carbonyl (C=O) groups excluding carboxylic acids is 1. The molecule has 0 aromatic heterocycles. The van der Waals surface area contributed by atoms with Crippen LogP contribution >= 0.6 is 43.5 Å². The Balaban J connectivity index is 2.30. The van der Waals surface area contributed by atoms with Crippen LogP contribution in [0.15, 0.2) is 50.9 Å².